The van der Waals surface area contributed by atoms with Crippen molar-refractivity contribution in [1.82, 2.24) is 34.5 Å². The van der Waals surface area contributed by atoms with Crippen LogP contribution in [0.3, 0.4) is 0 Å². The predicted molar refractivity (Wildman–Crippen MR) is 332 cm³/mol. The van der Waals surface area contributed by atoms with Gasteiger partial charge < -0.3 is 47.4 Å². The fourth-order valence-corrected chi connectivity index (χ4v) is 11.3. The van der Waals surface area contributed by atoms with Crippen molar-refractivity contribution in [2.45, 2.75) is 141 Å². The molecule has 0 unspecified atom stereocenters. The highest BCUT2D eigenvalue weighted by Gasteiger charge is 2.37. The maximum atomic E-state index is 14.1. The molecular weight excluding hydrogens is 1130 g/mol. The molecule has 0 aliphatic heterocycles. The molecule has 2 aromatic carbocycles. The zero-order valence-corrected chi connectivity index (χ0v) is 50.9. The van der Waals surface area contributed by atoms with E-state index in [1.54, 1.807) is 40.0 Å². The highest BCUT2D eigenvalue weighted by Crippen LogP contribution is 2.40. The van der Waals surface area contributed by atoms with E-state index < -0.39 is 31.6 Å². The van der Waals surface area contributed by atoms with E-state index in [9.17, 15) is 18.7 Å². The van der Waals surface area contributed by atoms with Crippen molar-refractivity contribution in [2.75, 3.05) is 10.6 Å². The van der Waals surface area contributed by atoms with Gasteiger partial charge in [-0.3, -0.25) is 9.97 Å². The van der Waals surface area contributed by atoms with Crippen molar-refractivity contribution < 1.29 is 27.8 Å². The first-order valence-corrected chi connectivity index (χ1v) is 31.5. The van der Waals surface area contributed by atoms with Crippen LogP contribution in [0, 0.1) is 11.6 Å². The lowest BCUT2D eigenvalue weighted by molar-refractivity contribution is 0.0505. The number of carbonyl (C=O) groups is 1. The number of rotatable bonds is 15. The van der Waals surface area contributed by atoms with Crippen LogP contribution in [0.25, 0.3) is 33.3 Å². The Morgan fingerprint density at radius 1 is 0.714 bits per heavy atom. The zero-order valence-electron chi connectivity index (χ0n) is 48.4. The summed E-state index contributed by atoms with van der Waals surface area (Å²) in [6.45, 7) is 17.0. The second-order valence-electron chi connectivity index (χ2n) is 23.9. The van der Waals surface area contributed by atoms with Crippen molar-refractivity contribution >= 4 is 83.1 Å². The van der Waals surface area contributed by atoms with Gasteiger partial charge >= 0.3 is 6.09 Å². The van der Waals surface area contributed by atoms with E-state index >= 15 is 0 Å². The number of amides is 1. The van der Waals surface area contributed by atoms with E-state index in [-0.39, 0.29) is 63.9 Å². The normalized spacial score (nSPS) is 17.8. The Balaban J connectivity index is 0.000000213. The largest absolute Gasteiger partial charge is 0.444 e. The van der Waals surface area contributed by atoms with Gasteiger partial charge in [-0.05, 0) is 137 Å². The maximum Gasteiger partial charge on any atom is 0.407 e. The van der Waals surface area contributed by atoms with Gasteiger partial charge in [0.05, 0.1) is 80.6 Å². The third-order valence-electron chi connectivity index (χ3n) is 15.4. The van der Waals surface area contributed by atoms with Crippen LogP contribution in [0.15, 0.2) is 120 Å². The third-order valence-corrected chi connectivity index (χ3v) is 20.6. The number of pyridine rings is 2. The molecule has 0 saturated heterocycles. The summed E-state index contributed by atoms with van der Waals surface area (Å²) < 4.78 is 43.5. The summed E-state index contributed by atoms with van der Waals surface area (Å²) in [7, 11) is -2.01. The second kappa shape index (κ2) is 25.4. The molecule has 0 radical (unpaired) electrons. The van der Waals surface area contributed by atoms with E-state index in [1.165, 1.54) is 36.4 Å². The number of halogens is 4. The maximum absolute atomic E-state index is 14.1. The van der Waals surface area contributed by atoms with Crippen molar-refractivity contribution in [3.05, 3.63) is 154 Å². The molecule has 6 aromatic heterocycles. The van der Waals surface area contributed by atoms with Crippen molar-refractivity contribution in [3.63, 3.8) is 0 Å². The quantitative estimate of drug-likeness (QED) is 0.0287. The summed E-state index contributed by atoms with van der Waals surface area (Å²) in [4.78, 5) is 29.9. The Hall–Kier alpha value is -7.53. The van der Waals surface area contributed by atoms with Crippen LogP contribution in [-0.2, 0) is 22.4 Å². The Bertz CT molecular complexity index is 3770. The molecule has 10 rings (SSSR count). The summed E-state index contributed by atoms with van der Waals surface area (Å²) >= 11 is 12.6. The van der Waals surface area contributed by atoms with Gasteiger partial charge in [0.2, 0.25) is 0 Å². The van der Waals surface area contributed by atoms with Gasteiger partial charge in [0.15, 0.2) is 8.32 Å². The number of aromatic nitrogens is 6. The number of carbonyl (C=O) groups excluding carboxylic acids is 1. The lowest BCUT2D eigenvalue weighted by Crippen LogP contribution is -2.40. The summed E-state index contributed by atoms with van der Waals surface area (Å²) in [5.74, 6) is -0.651. The first-order valence-electron chi connectivity index (χ1n) is 27.8. The van der Waals surface area contributed by atoms with Crippen LogP contribution in [0.1, 0.15) is 102 Å². The minimum atomic E-state index is -2.01. The van der Waals surface area contributed by atoms with Crippen LogP contribution >= 0.6 is 23.2 Å². The second-order valence-corrected chi connectivity index (χ2v) is 29.5. The third kappa shape index (κ3) is 14.5. The zero-order chi connectivity index (χ0) is 60.3. The number of benzene rings is 2. The van der Waals surface area contributed by atoms with E-state index in [0.717, 1.165) is 76.6 Å². The van der Waals surface area contributed by atoms with E-state index in [0.29, 0.717) is 40.4 Å². The fourth-order valence-electron chi connectivity index (χ4n) is 10.0. The number of nitrogens with two attached hydrogens (primary N) is 3. The minimum absolute atomic E-state index is 0.00303. The van der Waals surface area contributed by atoms with Gasteiger partial charge in [0.1, 0.15) is 28.9 Å². The van der Waals surface area contributed by atoms with Gasteiger partial charge in [-0.25, -0.2) is 32.6 Å². The number of aliphatic hydroxyl groups excluding tert-OH is 1. The molecule has 10 N–H and O–H groups in total. The first kappa shape index (κ1) is 61.0. The number of hydrogen-bond donors (Lipinski definition) is 7. The molecule has 4 atom stereocenters. The van der Waals surface area contributed by atoms with E-state index in [1.807, 2.05) is 57.6 Å². The smallest absolute Gasteiger partial charge is 0.407 e. The standard InChI is InChI=1S/C36H47ClFN7O3Si.C25H25ClFN7O/c1-35(2,3)48-34(46)43-26-11-10-25(17-26)42-32-28(33(39)44-30-16-24(38)9-12-29(30)37)19-41-45-20-22(15-31(32)45)27-13-14-40-18-23(27)21-47-49(7,8)36(4,5)6;26-21-4-1-16(27)8-22(21)33-25(29)20-11-31-34-12-14(19-5-6-30-10-15(19)13-35)7-23(34)24(20)32-18-3-2-17(28)9-18/h9,12-16,18-20,25-26,42H,10-11,17,21H2,1-8H3,(H2,39,44)(H,43,46);1,4-8,10-12,17-18,32,35H,2-3,9,13,28H2,(H2,29,33)/t25-,26+;17-,18+/m10/s1. The van der Waals surface area contributed by atoms with Gasteiger partial charge in [0, 0.05) is 95.7 Å². The number of amidine groups is 2. The summed E-state index contributed by atoms with van der Waals surface area (Å²) in [5.41, 5.74) is 28.5. The van der Waals surface area contributed by atoms with Crippen LogP contribution in [0.2, 0.25) is 28.2 Å². The Kier molecular flexibility index (Phi) is 18.4. The van der Waals surface area contributed by atoms with Crippen molar-refractivity contribution in [3.8, 4) is 22.3 Å². The number of ether oxygens (including phenoxy) is 1. The lowest BCUT2D eigenvalue weighted by Gasteiger charge is -2.36. The number of nitrogens with one attached hydrogen (secondary N) is 3. The van der Waals surface area contributed by atoms with E-state index in [4.69, 9.17) is 54.7 Å². The number of alkyl carbamates (subject to hydrolysis) is 1. The molecule has 8 aromatic rings. The number of nitrogens with zero attached hydrogens (tertiary/aromatic N) is 8. The van der Waals surface area contributed by atoms with Gasteiger partial charge in [-0.2, -0.15) is 10.2 Å². The van der Waals surface area contributed by atoms with E-state index in [2.05, 4.69) is 80.9 Å². The summed E-state index contributed by atoms with van der Waals surface area (Å²) in [6.07, 6.45) is 18.6. The van der Waals surface area contributed by atoms with Gasteiger partial charge in [0.25, 0.3) is 0 Å². The van der Waals surface area contributed by atoms with Crippen LogP contribution in [0.4, 0.5) is 36.3 Å². The molecule has 0 bridgehead atoms. The lowest BCUT2D eigenvalue weighted by atomic mass is 10.0. The molecule has 442 valence electrons. The molecule has 2 aliphatic rings. The molecule has 23 heteroatoms. The SMILES string of the molecule is CC(C)(C)OC(=O)N[C@H]1CC[C@@H](Nc2c(C(N)=Nc3cc(F)ccc3Cl)cnn3cc(-c4ccncc4CO[Si](C)(C)C(C)(C)C)cc23)C1.NC(=Nc1cc(F)ccc1Cl)c1cnn2cc(-c3ccncc3CO)cc2c1N[C@@H]1CC[C@H](N)C1. The molecule has 1 amide bonds. The summed E-state index contributed by atoms with van der Waals surface area (Å²) in [5, 5.41) is 29.9. The van der Waals surface area contributed by atoms with Crippen LogP contribution in [0.5, 0.6) is 0 Å². The topological polar surface area (TPSA) is 255 Å². The number of aliphatic hydroxyl groups is 1. The minimum Gasteiger partial charge on any atom is -0.444 e. The summed E-state index contributed by atoms with van der Waals surface area (Å²) in [6, 6.07) is 16.0. The Morgan fingerprint density at radius 3 is 1.69 bits per heavy atom. The molecule has 2 aliphatic carbocycles. The molecule has 18 nitrogen and oxygen atoms in total. The fraction of sp³-hybridized carbons (Fsp3) is 0.361. The average molecular weight is 1200 g/mol. The Labute approximate surface area is 498 Å². The number of hydrogen-bond acceptors (Lipinski definition) is 13. The Morgan fingerprint density at radius 2 is 1.20 bits per heavy atom. The number of anilines is 2. The number of fused-ring (bicyclic) bond motifs is 2. The highest BCUT2D eigenvalue weighted by molar-refractivity contribution is 6.74. The molecule has 6 heterocycles. The monoisotopic (exact) mass is 1200 g/mol. The van der Waals surface area contributed by atoms with Crippen LogP contribution in [-0.4, -0.2) is 90.2 Å². The van der Waals surface area contributed by atoms with Crippen molar-refractivity contribution in [1.29, 1.82) is 0 Å². The predicted octanol–water partition coefficient (Wildman–Crippen LogP) is 12.6. The van der Waals surface area contributed by atoms with Crippen molar-refractivity contribution in [2.24, 2.45) is 27.2 Å². The molecule has 2 fully saturated rings. The highest BCUT2D eigenvalue weighted by atomic mass is 35.5. The van der Waals surface area contributed by atoms with Gasteiger partial charge in [-0.1, -0.05) is 44.0 Å². The average Bonchev–Trinajstić information content (AvgIpc) is 2.10. The molecular formula is C61H72Cl2F2N14O4Si. The van der Waals surface area contributed by atoms with Crippen LogP contribution < -0.4 is 33.2 Å². The molecule has 0 spiro atoms. The molecule has 2 saturated carbocycles. The van der Waals surface area contributed by atoms with Gasteiger partial charge in [-0.15, -0.1) is 0 Å². The first-order chi connectivity index (χ1) is 39.8. The number of aliphatic imine (C=N–C) groups is 2. The molecule has 84 heavy (non-hydrogen) atoms.